The highest BCUT2D eigenvalue weighted by molar-refractivity contribution is 7.89. The summed E-state index contributed by atoms with van der Waals surface area (Å²) >= 11 is 0. The minimum Gasteiger partial charge on any atom is -0.395 e. The zero-order valence-electron chi connectivity index (χ0n) is 11.2. The van der Waals surface area contributed by atoms with Crippen LogP contribution in [0.3, 0.4) is 0 Å². The first-order chi connectivity index (χ1) is 8.41. The van der Waals surface area contributed by atoms with Gasteiger partial charge in [0, 0.05) is 6.54 Å². The molecule has 0 fully saturated rings. The normalized spacial score (nSPS) is 12.6. The van der Waals surface area contributed by atoms with Crippen LogP contribution >= 0.6 is 0 Å². The molecule has 0 saturated heterocycles. The lowest BCUT2D eigenvalue weighted by Gasteiger charge is -2.13. The molecule has 0 radical (unpaired) electrons. The van der Waals surface area contributed by atoms with Gasteiger partial charge in [-0.1, -0.05) is 13.8 Å². The molecule has 0 aromatic carbocycles. The van der Waals surface area contributed by atoms with Crippen molar-refractivity contribution in [2.45, 2.75) is 32.7 Å². The Hall–Kier alpha value is -0.210. The molecular weight excluding hydrogens is 256 g/mol. The second-order valence-electron chi connectivity index (χ2n) is 4.77. The SMILES string of the molecule is CC(C)CCNS(=O)(=O)CCCNC(CO)CO. The molecule has 0 spiro atoms. The number of aliphatic hydroxyl groups excluding tert-OH is 2. The second kappa shape index (κ2) is 9.69. The molecule has 0 amide bonds. The van der Waals surface area contributed by atoms with Crippen molar-refractivity contribution in [3.63, 3.8) is 0 Å². The molecule has 0 saturated carbocycles. The molecule has 0 heterocycles. The van der Waals surface area contributed by atoms with E-state index in [9.17, 15) is 8.42 Å². The summed E-state index contributed by atoms with van der Waals surface area (Å²) in [6.45, 7) is 4.70. The van der Waals surface area contributed by atoms with E-state index >= 15 is 0 Å². The summed E-state index contributed by atoms with van der Waals surface area (Å²) in [5, 5.41) is 20.5. The molecule has 110 valence electrons. The van der Waals surface area contributed by atoms with Gasteiger partial charge in [0.25, 0.3) is 0 Å². The molecule has 0 rings (SSSR count). The van der Waals surface area contributed by atoms with Gasteiger partial charge in [-0.25, -0.2) is 13.1 Å². The number of aliphatic hydroxyl groups is 2. The van der Waals surface area contributed by atoms with Crippen molar-refractivity contribution in [1.29, 1.82) is 0 Å². The molecule has 18 heavy (non-hydrogen) atoms. The fourth-order valence-corrected chi connectivity index (χ4v) is 2.43. The summed E-state index contributed by atoms with van der Waals surface area (Å²) in [5.74, 6) is 0.533. The molecule has 0 aliphatic heterocycles. The number of rotatable bonds is 11. The summed E-state index contributed by atoms with van der Waals surface area (Å²) in [5.41, 5.74) is 0. The predicted octanol–water partition coefficient (Wildman–Crippen LogP) is -0.715. The van der Waals surface area contributed by atoms with Crippen LogP contribution in [0.4, 0.5) is 0 Å². The van der Waals surface area contributed by atoms with E-state index in [4.69, 9.17) is 10.2 Å². The Labute approximate surface area is 110 Å². The van der Waals surface area contributed by atoms with E-state index in [2.05, 4.69) is 10.0 Å². The number of hydrogen-bond acceptors (Lipinski definition) is 5. The van der Waals surface area contributed by atoms with Crippen LogP contribution in [0.15, 0.2) is 0 Å². The van der Waals surface area contributed by atoms with Crippen molar-refractivity contribution >= 4 is 10.0 Å². The van der Waals surface area contributed by atoms with E-state index in [-0.39, 0.29) is 25.0 Å². The number of hydrogen-bond donors (Lipinski definition) is 4. The smallest absolute Gasteiger partial charge is 0.211 e. The topological polar surface area (TPSA) is 98.7 Å². The maximum Gasteiger partial charge on any atom is 0.211 e. The average molecular weight is 282 g/mol. The zero-order chi connectivity index (χ0) is 14.0. The highest BCUT2D eigenvalue weighted by Gasteiger charge is 2.10. The van der Waals surface area contributed by atoms with Gasteiger partial charge in [0.1, 0.15) is 0 Å². The highest BCUT2D eigenvalue weighted by Crippen LogP contribution is 1.98. The highest BCUT2D eigenvalue weighted by atomic mass is 32.2. The zero-order valence-corrected chi connectivity index (χ0v) is 12.0. The van der Waals surface area contributed by atoms with Crippen LogP contribution in [-0.2, 0) is 10.0 Å². The van der Waals surface area contributed by atoms with Gasteiger partial charge in [-0.15, -0.1) is 0 Å². The van der Waals surface area contributed by atoms with E-state index in [0.29, 0.717) is 25.4 Å². The van der Waals surface area contributed by atoms with Gasteiger partial charge in [-0.2, -0.15) is 0 Å². The van der Waals surface area contributed by atoms with Crippen molar-refractivity contribution in [2.24, 2.45) is 5.92 Å². The predicted molar refractivity (Wildman–Crippen MR) is 71.8 cm³/mol. The maximum absolute atomic E-state index is 11.6. The monoisotopic (exact) mass is 282 g/mol. The van der Waals surface area contributed by atoms with E-state index in [1.54, 1.807) is 0 Å². The van der Waals surface area contributed by atoms with Crippen LogP contribution in [0.25, 0.3) is 0 Å². The molecule has 0 aromatic rings. The second-order valence-corrected chi connectivity index (χ2v) is 6.69. The molecule has 0 unspecified atom stereocenters. The van der Waals surface area contributed by atoms with Gasteiger partial charge in [0.15, 0.2) is 0 Å². The molecule has 4 N–H and O–H groups in total. The summed E-state index contributed by atoms with van der Waals surface area (Å²) in [7, 11) is -3.20. The van der Waals surface area contributed by atoms with Crippen molar-refractivity contribution in [2.75, 3.05) is 32.1 Å². The molecular formula is C11H26N2O4S. The lowest BCUT2D eigenvalue weighted by molar-refractivity contribution is 0.171. The van der Waals surface area contributed by atoms with Crippen LogP contribution in [0.5, 0.6) is 0 Å². The Bertz CT molecular complexity index is 289. The fourth-order valence-electron chi connectivity index (χ4n) is 1.33. The van der Waals surface area contributed by atoms with Gasteiger partial charge >= 0.3 is 0 Å². The Kier molecular flexibility index (Phi) is 9.57. The van der Waals surface area contributed by atoms with Gasteiger partial charge < -0.3 is 15.5 Å². The lowest BCUT2D eigenvalue weighted by Crippen LogP contribution is -2.37. The van der Waals surface area contributed by atoms with Crippen LogP contribution in [0.1, 0.15) is 26.7 Å². The van der Waals surface area contributed by atoms with E-state index in [1.807, 2.05) is 13.8 Å². The van der Waals surface area contributed by atoms with Crippen LogP contribution in [-0.4, -0.2) is 56.7 Å². The number of sulfonamides is 1. The molecule has 0 atom stereocenters. The maximum atomic E-state index is 11.6. The van der Waals surface area contributed by atoms with Gasteiger partial charge in [0.2, 0.25) is 10.0 Å². The summed E-state index contributed by atoms with van der Waals surface area (Å²) in [4.78, 5) is 0. The Balaban J connectivity index is 3.70. The molecule has 0 bridgehead atoms. The third-order valence-electron chi connectivity index (χ3n) is 2.51. The minimum atomic E-state index is -3.20. The van der Waals surface area contributed by atoms with Gasteiger partial charge in [0.05, 0.1) is 25.0 Å². The lowest BCUT2D eigenvalue weighted by atomic mass is 10.1. The first kappa shape index (κ1) is 17.8. The molecule has 0 aliphatic rings. The first-order valence-corrected chi connectivity index (χ1v) is 7.99. The third-order valence-corrected chi connectivity index (χ3v) is 3.98. The summed E-state index contributed by atoms with van der Waals surface area (Å²) in [6.07, 6.45) is 1.28. The van der Waals surface area contributed by atoms with Crippen LogP contribution < -0.4 is 10.0 Å². The van der Waals surface area contributed by atoms with Crippen LogP contribution in [0.2, 0.25) is 0 Å². The molecule has 0 aliphatic carbocycles. The first-order valence-electron chi connectivity index (χ1n) is 6.33. The molecule has 7 heteroatoms. The number of nitrogens with one attached hydrogen (secondary N) is 2. The van der Waals surface area contributed by atoms with Crippen molar-refractivity contribution in [3.8, 4) is 0 Å². The van der Waals surface area contributed by atoms with Gasteiger partial charge in [-0.3, -0.25) is 0 Å². The average Bonchev–Trinajstić information content (AvgIpc) is 2.28. The van der Waals surface area contributed by atoms with Crippen molar-refractivity contribution < 1.29 is 18.6 Å². The molecule has 0 aromatic heterocycles. The quantitative estimate of drug-likeness (QED) is 0.375. The standard InChI is InChI=1S/C11H26N2O4S/c1-10(2)4-6-13-18(16,17)7-3-5-12-11(8-14)9-15/h10-15H,3-9H2,1-2H3. The Morgan fingerprint density at radius 1 is 1.11 bits per heavy atom. The van der Waals surface area contributed by atoms with Crippen molar-refractivity contribution in [3.05, 3.63) is 0 Å². The summed E-state index contributed by atoms with van der Waals surface area (Å²) < 4.78 is 25.7. The van der Waals surface area contributed by atoms with Gasteiger partial charge in [-0.05, 0) is 25.3 Å². The van der Waals surface area contributed by atoms with Crippen molar-refractivity contribution in [1.82, 2.24) is 10.0 Å². The largest absolute Gasteiger partial charge is 0.395 e. The fraction of sp³-hybridized carbons (Fsp3) is 1.00. The van der Waals surface area contributed by atoms with E-state index in [0.717, 1.165) is 6.42 Å². The summed E-state index contributed by atoms with van der Waals surface area (Å²) in [6, 6.07) is -0.374. The van der Waals surface area contributed by atoms with E-state index in [1.165, 1.54) is 0 Å². The molecule has 6 nitrogen and oxygen atoms in total. The third kappa shape index (κ3) is 9.78. The van der Waals surface area contributed by atoms with E-state index < -0.39 is 10.0 Å². The minimum absolute atomic E-state index is 0.0572. The Morgan fingerprint density at radius 2 is 1.72 bits per heavy atom. The Morgan fingerprint density at radius 3 is 2.22 bits per heavy atom. The van der Waals surface area contributed by atoms with Crippen LogP contribution in [0, 0.1) is 5.92 Å².